The van der Waals surface area contributed by atoms with Gasteiger partial charge in [-0.25, -0.2) is 0 Å². The first-order valence-corrected chi connectivity index (χ1v) is 13.0. The second-order valence-corrected chi connectivity index (χ2v) is 10.3. The third-order valence-electron chi connectivity index (χ3n) is 8.05. The Hall–Kier alpha value is -1.88. The zero-order valence-corrected chi connectivity index (χ0v) is 19.8. The minimum Gasteiger partial charge on any atom is -0.353 e. The Labute approximate surface area is 193 Å². The first-order valence-electron chi connectivity index (χ1n) is 13.0. The fraction of sp³-hybridized carbons (Fsp3) is 0.704. The molecule has 1 unspecified atom stereocenters. The Balaban J connectivity index is 1.17. The number of hydrogen-bond acceptors (Lipinski definition) is 3. The molecule has 1 aromatic rings. The highest BCUT2D eigenvalue weighted by Crippen LogP contribution is 2.25. The zero-order valence-electron chi connectivity index (χ0n) is 19.8. The van der Waals surface area contributed by atoms with Crippen molar-refractivity contribution in [2.45, 2.75) is 83.2 Å². The van der Waals surface area contributed by atoms with Crippen molar-refractivity contribution in [3.05, 3.63) is 35.9 Å². The van der Waals surface area contributed by atoms with E-state index in [-0.39, 0.29) is 29.8 Å². The molecule has 1 aliphatic carbocycles. The first-order chi connectivity index (χ1) is 15.6. The van der Waals surface area contributed by atoms with Crippen LogP contribution in [0.3, 0.4) is 0 Å². The lowest BCUT2D eigenvalue weighted by Crippen LogP contribution is -2.53. The molecular weight excluding hydrogens is 398 g/mol. The third kappa shape index (κ3) is 6.12. The molecule has 4 rings (SSSR count). The Morgan fingerprint density at radius 2 is 1.56 bits per heavy atom. The van der Waals surface area contributed by atoms with Gasteiger partial charge in [0, 0.05) is 25.0 Å². The summed E-state index contributed by atoms with van der Waals surface area (Å²) < 4.78 is 0. The molecule has 5 nitrogen and oxygen atoms in total. The maximum absolute atomic E-state index is 13.1. The van der Waals surface area contributed by atoms with E-state index in [0.29, 0.717) is 0 Å². The molecule has 0 spiro atoms. The number of benzene rings is 1. The molecule has 1 N–H and O–H groups in total. The minimum absolute atomic E-state index is 0.0407. The van der Waals surface area contributed by atoms with Gasteiger partial charge in [-0.1, -0.05) is 49.6 Å². The zero-order chi connectivity index (χ0) is 22.3. The number of nitrogens with zero attached hydrogens (tertiary/aromatic N) is 2. The smallest absolute Gasteiger partial charge is 0.239 e. The van der Waals surface area contributed by atoms with E-state index >= 15 is 0 Å². The van der Waals surface area contributed by atoms with Crippen molar-refractivity contribution in [3.8, 4) is 0 Å². The highest BCUT2D eigenvalue weighted by molar-refractivity contribution is 5.82. The number of amides is 2. The van der Waals surface area contributed by atoms with Crippen LogP contribution < -0.4 is 5.32 Å². The predicted molar refractivity (Wildman–Crippen MR) is 128 cm³/mol. The van der Waals surface area contributed by atoms with E-state index in [1.807, 2.05) is 4.90 Å². The maximum Gasteiger partial charge on any atom is 0.239 e. The van der Waals surface area contributed by atoms with Crippen molar-refractivity contribution in [1.82, 2.24) is 15.1 Å². The average Bonchev–Trinajstić information content (AvgIpc) is 2.85. The van der Waals surface area contributed by atoms with E-state index in [2.05, 4.69) is 47.5 Å². The molecule has 1 atom stereocenters. The van der Waals surface area contributed by atoms with Crippen LogP contribution in [-0.4, -0.2) is 59.9 Å². The molecule has 0 bridgehead atoms. The standard InChI is InChI=1S/C27H41N3O2/c1-21(29-16-12-23(13-17-29)20-22-8-4-2-5-9-22)27(32)30-18-14-25(15-19-30)28-26(31)24-10-6-3-7-11-24/h2,4-5,8-9,21,23-25H,3,6-7,10-20H2,1H3,(H,28,31). The van der Waals surface area contributed by atoms with Gasteiger partial charge in [0.15, 0.2) is 0 Å². The topological polar surface area (TPSA) is 52.7 Å². The summed E-state index contributed by atoms with van der Waals surface area (Å²) in [7, 11) is 0. The molecule has 2 aliphatic heterocycles. The molecular formula is C27H41N3O2. The van der Waals surface area contributed by atoms with Gasteiger partial charge in [0.2, 0.25) is 11.8 Å². The highest BCUT2D eigenvalue weighted by Gasteiger charge is 2.32. The van der Waals surface area contributed by atoms with Crippen LogP contribution in [0.1, 0.15) is 70.3 Å². The lowest BCUT2D eigenvalue weighted by molar-refractivity contribution is -0.138. The summed E-state index contributed by atoms with van der Waals surface area (Å²) in [5.74, 6) is 1.46. The molecule has 32 heavy (non-hydrogen) atoms. The highest BCUT2D eigenvalue weighted by atomic mass is 16.2. The van der Waals surface area contributed by atoms with E-state index in [4.69, 9.17) is 0 Å². The number of likely N-dealkylation sites (tertiary alicyclic amines) is 2. The van der Waals surface area contributed by atoms with Crippen molar-refractivity contribution < 1.29 is 9.59 Å². The Morgan fingerprint density at radius 3 is 2.22 bits per heavy atom. The monoisotopic (exact) mass is 439 g/mol. The van der Waals surface area contributed by atoms with Crippen LogP contribution in [0.15, 0.2) is 30.3 Å². The Kier molecular flexibility index (Phi) is 8.23. The van der Waals surface area contributed by atoms with E-state index in [0.717, 1.165) is 64.2 Å². The van der Waals surface area contributed by atoms with E-state index < -0.39 is 0 Å². The van der Waals surface area contributed by atoms with E-state index in [1.165, 1.54) is 37.7 Å². The lowest BCUT2D eigenvalue weighted by Gasteiger charge is -2.39. The molecule has 3 fully saturated rings. The van der Waals surface area contributed by atoms with Crippen molar-refractivity contribution >= 4 is 11.8 Å². The fourth-order valence-corrected chi connectivity index (χ4v) is 5.84. The Morgan fingerprint density at radius 1 is 0.906 bits per heavy atom. The first kappa shape index (κ1) is 23.3. The number of carbonyl (C=O) groups excluding carboxylic acids is 2. The van der Waals surface area contributed by atoms with Gasteiger partial charge in [0.05, 0.1) is 6.04 Å². The maximum atomic E-state index is 13.1. The van der Waals surface area contributed by atoms with Crippen LogP contribution in [0, 0.1) is 11.8 Å². The van der Waals surface area contributed by atoms with Gasteiger partial charge in [0.25, 0.3) is 0 Å². The van der Waals surface area contributed by atoms with Crippen LogP contribution in [0.5, 0.6) is 0 Å². The van der Waals surface area contributed by atoms with Gasteiger partial charge < -0.3 is 10.2 Å². The summed E-state index contributed by atoms with van der Waals surface area (Å²) in [6, 6.07) is 11.0. The third-order valence-corrected chi connectivity index (χ3v) is 8.05. The number of piperidine rings is 2. The van der Waals surface area contributed by atoms with Gasteiger partial charge in [-0.15, -0.1) is 0 Å². The second kappa shape index (κ2) is 11.3. The van der Waals surface area contributed by atoms with E-state index in [1.54, 1.807) is 0 Å². The average molecular weight is 440 g/mol. The molecule has 3 aliphatic rings. The van der Waals surface area contributed by atoms with Gasteiger partial charge in [-0.3, -0.25) is 14.5 Å². The summed E-state index contributed by atoms with van der Waals surface area (Å²) in [5, 5.41) is 3.28. The number of hydrogen-bond donors (Lipinski definition) is 1. The second-order valence-electron chi connectivity index (χ2n) is 10.3. The molecule has 1 saturated carbocycles. The number of nitrogens with one attached hydrogen (secondary N) is 1. The SMILES string of the molecule is CC(C(=O)N1CCC(NC(=O)C2CCCCC2)CC1)N1CCC(Cc2ccccc2)CC1. The molecule has 2 heterocycles. The molecule has 0 aromatic heterocycles. The molecule has 176 valence electrons. The van der Waals surface area contributed by atoms with Crippen molar-refractivity contribution in [2.24, 2.45) is 11.8 Å². The summed E-state index contributed by atoms with van der Waals surface area (Å²) in [6.45, 7) is 5.64. The predicted octanol–water partition coefficient (Wildman–Crippen LogP) is 4.02. The minimum atomic E-state index is -0.0407. The fourth-order valence-electron chi connectivity index (χ4n) is 5.84. The van der Waals surface area contributed by atoms with Gasteiger partial charge in [0.1, 0.15) is 0 Å². The van der Waals surface area contributed by atoms with Crippen LogP contribution >= 0.6 is 0 Å². The molecule has 2 amide bonds. The molecule has 1 aromatic carbocycles. The van der Waals surface area contributed by atoms with Crippen LogP contribution in [-0.2, 0) is 16.0 Å². The summed E-state index contributed by atoms with van der Waals surface area (Å²) >= 11 is 0. The van der Waals surface area contributed by atoms with Crippen molar-refractivity contribution in [2.75, 3.05) is 26.2 Å². The number of carbonyl (C=O) groups is 2. The Bertz CT molecular complexity index is 731. The quantitative estimate of drug-likeness (QED) is 0.728. The molecule has 0 radical (unpaired) electrons. The summed E-state index contributed by atoms with van der Waals surface area (Å²) in [6.07, 6.45) is 11.0. The van der Waals surface area contributed by atoms with Gasteiger partial charge in [-0.05, 0) is 76.4 Å². The van der Waals surface area contributed by atoms with Crippen molar-refractivity contribution in [1.29, 1.82) is 0 Å². The summed E-state index contributed by atoms with van der Waals surface area (Å²) in [4.78, 5) is 30.1. The van der Waals surface area contributed by atoms with E-state index in [9.17, 15) is 9.59 Å². The molecule has 2 saturated heterocycles. The van der Waals surface area contributed by atoms with Crippen LogP contribution in [0.2, 0.25) is 0 Å². The van der Waals surface area contributed by atoms with Gasteiger partial charge >= 0.3 is 0 Å². The van der Waals surface area contributed by atoms with Crippen molar-refractivity contribution in [3.63, 3.8) is 0 Å². The van der Waals surface area contributed by atoms with Gasteiger partial charge in [-0.2, -0.15) is 0 Å². The lowest BCUT2D eigenvalue weighted by atomic mass is 9.88. The number of rotatable bonds is 6. The normalized spacial score (nSPS) is 23.1. The summed E-state index contributed by atoms with van der Waals surface area (Å²) in [5.41, 5.74) is 1.42. The molecule has 5 heteroatoms. The van der Waals surface area contributed by atoms with Crippen LogP contribution in [0.25, 0.3) is 0 Å². The van der Waals surface area contributed by atoms with Crippen LogP contribution in [0.4, 0.5) is 0 Å². The largest absolute Gasteiger partial charge is 0.353 e.